The van der Waals surface area contributed by atoms with E-state index in [-0.39, 0.29) is 11.8 Å². The second kappa shape index (κ2) is 7.79. The fourth-order valence-electron chi connectivity index (χ4n) is 3.11. The minimum atomic E-state index is -4.62. The molecular formula is C17H19F3N4O2S. The highest BCUT2D eigenvalue weighted by molar-refractivity contribution is 7.11. The van der Waals surface area contributed by atoms with Gasteiger partial charge >= 0.3 is 6.18 Å². The Morgan fingerprint density at radius 1 is 1.30 bits per heavy atom. The smallest absolute Gasteiger partial charge is 0.342 e. The van der Waals surface area contributed by atoms with E-state index in [0.29, 0.717) is 45.0 Å². The molecule has 1 saturated heterocycles. The largest absolute Gasteiger partial charge is 0.433 e. The van der Waals surface area contributed by atoms with Crippen LogP contribution in [0.2, 0.25) is 0 Å². The molecule has 0 atom stereocenters. The second-order valence-electron chi connectivity index (χ2n) is 6.61. The maximum atomic E-state index is 12.6. The molecule has 0 bridgehead atoms. The first kappa shape index (κ1) is 19.5. The van der Waals surface area contributed by atoms with Crippen molar-refractivity contribution in [2.75, 3.05) is 13.1 Å². The number of aryl methyl sites for hydroxylation is 1. The predicted octanol–water partition coefficient (Wildman–Crippen LogP) is 2.51. The van der Waals surface area contributed by atoms with E-state index >= 15 is 0 Å². The Morgan fingerprint density at radius 3 is 2.56 bits per heavy atom. The summed E-state index contributed by atoms with van der Waals surface area (Å²) in [4.78, 5) is 34.5. The van der Waals surface area contributed by atoms with E-state index in [9.17, 15) is 22.8 Å². The van der Waals surface area contributed by atoms with Crippen LogP contribution in [0.1, 0.15) is 28.4 Å². The number of nitrogens with zero attached hydrogens (tertiary/aromatic N) is 4. The first-order chi connectivity index (χ1) is 12.7. The number of piperidine rings is 1. The molecule has 3 rings (SSSR count). The van der Waals surface area contributed by atoms with E-state index in [1.807, 2.05) is 6.92 Å². The van der Waals surface area contributed by atoms with Crippen LogP contribution in [0, 0.1) is 12.8 Å². The molecule has 0 aliphatic carbocycles. The average molecular weight is 400 g/mol. The molecule has 0 spiro atoms. The van der Waals surface area contributed by atoms with Crippen LogP contribution in [0.15, 0.2) is 23.4 Å². The Bertz CT molecular complexity index is 870. The number of aromatic nitrogens is 3. The number of amides is 1. The fraction of sp³-hybridized carbons (Fsp3) is 0.529. The molecule has 6 nitrogen and oxygen atoms in total. The van der Waals surface area contributed by atoms with Crippen molar-refractivity contribution in [3.8, 4) is 0 Å². The highest BCUT2D eigenvalue weighted by Gasteiger charge is 2.33. The summed E-state index contributed by atoms with van der Waals surface area (Å²) in [6, 6.07) is 0.524. The van der Waals surface area contributed by atoms with Crippen LogP contribution in [0.5, 0.6) is 0 Å². The maximum absolute atomic E-state index is 12.6. The first-order valence-electron chi connectivity index (χ1n) is 8.55. The zero-order valence-corrected chi connectivity index (χ0v) is 15.5. The maximum Gasteiger partial charge on any atom is 0.433 e. The van der Waals surface area contributed by atoms with Gasteiger partial charge in [-0.05, 0) is 25.7 Å². The Hall–Kier alpha value is -2.23. The lowest BCUT2D eigenvalue weighted by Crippen LogP contribution is -2.40. The van der Waals surface area contributed by atoms with Gasteiger partial charge in [0.25, 0.3) is 5.56 Å². The summed E-state index contributed by atoms with van der Waals surface area (Å²) < 4.78 is 39.0. The normalized spacial score (nSPS) is 15.9. The zero-order chi connectivity index (χ0) is 19.6. The van der Waals surface area contributed by atoms with Gasteiger partial charge in [0.05, 0.1) is 17.8 Å². The monoisotopic (exact) mass is 400 g/mol. The van der Waals surface area contributed by atoms with Gasteiger partial charge in [0.1, 0.15) is 0 Å². The third-order valence-corrected chi connectivity index (χ3v) is 5.50. The molecule has 0 radical (unpaired) electrons. The van der Waals surface area contributed by atoms with E-state index in [1.54, 1.807) is 11.1 Å². The van der Waals surface area contributed by atoms with Crippen LogP contribution in [0.3, 0.4) is 0 Å². The van der Waals surface area contributed by atoms with Gasteiger partial charge in [0.2, 0.25) is 5.91 Å². The van der Waals surface area contributed by atoms with Crippen LogP contribution in [0.4, 0.5) is 13.2 Å². The SMILES string of the molecule is Cc1ncc(CC(=O)N2CCC(Cn3cnc(C(F)(F)F)cc3=O)CC2)s1. The van der Waals surface area contributed by atoms with Crippen LogP contribution in [0.25, 0.3) is 0 Å². The average Bonchev–Trinajstić information content (AvgIpc) is 3.01. The number of thiazole rings is 1. The third kappa shape index (κ3) is 4.94. The summed E-state index contributed by atoms with van der Waals surface area (Å²) in [5.41, 5.74) is -1.89. The number of alkyl halides is 3. The molecule has 1 aliphatic rings. The highest BCUT2D eigenvalue weighted by Crippen LogP contribution is 2.26. The lowest BCUT2D eigenvalue weighted by molar-refractivity contribution is -0.141. The van der Waals surface area contributed by atoms with Crippen molar-refractivity contribution in [1.82, 2.24) is 19.4 Å². The van der Waals surface area contributed by atoms with Crippen molar-refractivity contribution < 1.29 is 18.0 Å². The lowest BCUT2D eigenvalue weighted by atomic mass is 9.96. The number of halogens is 3. The number of hydrogen-bond acceptors (Lipinski definition) is 5. The number of rotatable bonds is 4. The van der Waals surface area contributed by atoms with Crippen molar-refractivity contribution in [2.45, 2.75) is 38.9 Å². The summed E-state index contributed by atoms with van der Waals surface area (Å²) in [5, 5.41) is 0.923. The van der Waals surface area contributed by atoms with E-state index in [1.165, 1.54) is 15.9 Å². The second-order valence-corrected chi connectivity index (χ2v) is 7.93. The minimum Gasteiger partial charge on any atom is -0.342 e. The van der Waals surface area contributed by atoms with Gasteiger partial charge in [-0.3, -0.25) is 14.2 Å². The molecule has 3 heterocycles. The van der Waals surface area contributed by atoms with E-state index < -0.39 is 17.4 Å². The molecule has 1 aliphatic heterocycles. The Kier molecular flexibility index (Phi) is 5.64. The van der Waals surface area contributed by atoms with Crippen molar-refractivity contribution in [2.24, 2.45) is 5.92 Å². The summed E-state index contributed by atoms with van der Waals surface area (Å²) in [7, 11) is 0. The summed E-state index contributed by atoms with van der Waals surface area (Å²) >= 11 is 1.50. The molecule has 1 fully saturated rings. The molecule has 2 aromatic rings. The van der Waals surface area contributed by atoms with Gasteiger partial charge < -0.3 is 4.90 Å². The molecule has 10 heteroatoms. The van der Waals surface area contributed by atoms with Crippen molar-refractivity contribution in [3.05, 3.63) is 44.5 Å². The Balaban J connectivity index is 1.53. The van der Waals surface area contributed by atoms with Gasteiger partial charge in [0, 0.05) is 36.8 Å². The van der Waals surface area contributed by atoms with Crippen molar-refractivity contribution in [1.29, 1.82) is 0 Å². The number of carbonyl (C=O) groups is 1. The molecule has 0 unspecified atom stereocenters. The first-order valence-corrected chi connectivity index (χ1v) is 9.37. The van der Waals surface area contributed by atoms with Crippen LogP contribution in [-0.2, 0) is 23.9 Å². The predicted molar refractivity (Wildman–Crippen MR) is 93.4 cm³/mol. The summed E-state index contributed by atoms with van der Waals surface area (Å²) in [6.07, 6.45) is -0.232. The van der Waals surface area contributed by atoms with Crippen LogP contribution in [-0.4, -0.2) is 38.4 Å². The van der Waals surface area contributed by atoms with Gasteiger partial charge in [-0.2, -0.15) is 13.2 Å². The summed E-state index contributed by atoms with van der Waals surface area (Å²) in [5.74, 6) is 0.168. The standard InChI is InChI=1S/C17H19F3N4O2S/c1-11-21-8-13(27-11)6-15(25)23-4-2-12(3-5-23)9-24-10-22-14(7-16(24)26)17(18,19)20/h7-8,10,12H,2-6,9H2,1H3. The molecule has 2 aromatic heterocycles. The van der Waals surface area contributed by atoms with Crippen LogP contribution < -0.4 is 5.56 Å². The molecule has 0 N–H and O–H groups in total. The molecule has 1 amide bonds. The number of likely N-dealkylation sites (tertiary alicyclic amines) is 1. The topological polar surface area (TPSA) is 68.1 Å². The highest BCUT2D eigenvalue weighted by atomic mass is 32.1. The summed E-state index contributed by atoms with van der Waals surface area (Å²) in [6.45, 7) is 3.34. The molecule has 146 valence electrons. The number of hydrogen-bond donors (Lipinski definition) is 0. The zero-order valence-electron chi connectivity index (χ0n) is 14.7. The quantitative estimate of drug-likeness (QED) is 0.791. The van der Waals surface area contributed by atoms with Crippen molar-refractivity contribution in [3.63, 3.8) is 0 Å². The fourth-order valence-corrected chi connectivity index (χ4v) is 3.89. The van der Waals surface area contributed by atoms with Crippen LogP contribution >= 0.6 is 11.3 Å². The van der Waals surface area contributed by atoms with Crippen molar-refractivity contribution >= 4 is 17.2 Å². The Morgan fingerprint density at radius 2 is 2.00 bits per heavy atom. The van der Waals surface area contributed by atoms with Gasteiger partial charge in [-0.15, -0.1) is 11.3 Å². The van der Waals surface area contributed by atoms with Gasteiger partial charge in [-0.1, -0.05) is 0 Å². The van der Waals surface area contributed by atoms with E-state index in [4.69, 9.17) is 0 Å². The molecular weight excluding hydrogens is 381 g/mol. The molecule has 0 saturated carbocycles. The lowest BCUT2D eigenvalue weighted by Gasteiger charge is -2.32. The van der Waals surface area contributed by atoms with Gasteiger partial charge in [-0.25, -0.2) is 9.97 Å². The molecule has 0 aromatic carbocycles. The Labute approximate surface area is 157 Å². The number of carbonyl (C=O) groups excluding carboxylic acids is 1. The van der Waals surface area contributed by atoms with Gasteiger partial charge in [0.15, 0.2) is 5.69 Å². The van der Waals surface area contributed by atoms with E-state index in [0.717, 1.165) is 16.2 Å². The third-order valence-electron chi connectivity index (χ3n) is 4.59. The van der Waals surface area contributed by atoms with E-state index in [2.05, 4.69) is 9.97 Å². The minimum absolute atomic E-state index is 0.0467. The molecule has 27 heavy (non-hydrogen) atoms.